The van der Waals surface area contributed by atoms with Crippen molar-refractivity contribution in [3.8, 4) is 0 Å². The van der Waals surface area contributed by atoms with E-state index in [1.165, 1.54) is 7.11 Å². The molecule has 0 aliphatic carbocycles. The number of hydrogen-bond donors (Lipinski definition) is 0. The first-order valence-electron chi connectivity index (χ1n) is 4.51. The van der Waals surface area contributed by atoms with Gasteiger partial charge in [-0.05, 0) is 0 Å². The summed E-state index contributed by atoms with van der Waals surface area (Å²) in [5.41, 5.74) is 0. The molecule has 0 amide bonds. The molecule has 0 aromatic rings. The van der Waals surface area contributed by atoms with Crippen molar-refractivity contribution in [1.82, 2.24) is 4.90 Å². The molecule has 0 spiro atoms. The fourth-order valence-corrected chi connectivity index (χ4v) is 0.958. The molecule has 0 bridgehead atoms. The van der Waals surface area contributed by atoms with Crippen LogP contribution in [-0.4, -0.2) is 65.0 Å². The topological polar surface area (TPSA) is 48.0 Å². The predicted molar refractivity (Wildman–Crippen MR) is 52.2 cm³/mol. The molecule has 0 fully saturated rings. The van der Waals surface area contributed by atoms with E-state index in [1.807, 2.05) is 4.90 Å². The highest BCUT2D eigenvalue weighted by atomic mass is 16.5. The quantitative estimate of drug-likeness (QED) is 0.512. The minimum Gasteiger partial charge on any atom is -0.468 e. The molecular weight excluding hydrogens is 186 g/mol. The van der Waals surface area contributed by atoms with Gasteiger partial charge in [-0.3, -0.25) is 9.69 Å². The fraction of sp³-hybridized carbons (Fsp3) is 0.889. The van der Waals surface area contributed by atoms with Crippen molar-refractivity contribution < 1.29 is 19.0 Å². The lowest BCUT2D eigenvalue weighted by Gasteiger charge is -2.19. The van der Waals surface area contributed by atoms with Gasteiger partial charge < -0.3 is 14.2 Å². The monoisotopic (exact) mass is 205 g/mol. The molecule has 5 heteroatoms. The van der Waals surface area contributed by atoms with Crippen molar-refractivity contribution in [1.29, 1.82) is 0 Å². The smallest absolute Gasteiger partial charge is 0.319 e. The third-order valence-electron chi connectivity index (χ3n) is 1.80. The lowest BCUT2D eigenvalue weighted by Crippen LogP contribution is -2.35. The first-order valence-corrected chi connectivity index (χ1v) is 4.51. The molecule has 0 radical (unpaired) electrons. The maximum atomic E-state index is 11.0. The van der Waals surface area contributed by atoms with Crippen molar-refractivity contribution in [2.24, 2.45) is 0 Å². The second-order valence-electron chi connectivity index (χ2n) is 2.84. The van der Waals surface area contributed by atoms with Crippen LogP contribution in [0.15, 0.2) is 0 Å². The van der Waals surface area contributed by atoms with E-state index in [9.17, 15) is 4.79 Å². The Labute approximate surface area is 84.9 Å². The summed E-state index contributed by atoms with van der Waals surface area (Å²) in [4.78, 5) is 12.9. The van der Waals surface area contributed by atoms with Crippen molar-refractivity contribution in [2.45, 2.75) is 0 Å². The van der Waals surface area contributed by atoms with Gasteiger partial charge in [0.25, 0.3) is 0 Å². The summed E-state index contributed by atoms with van der Waals surface area (Å²) in [5, 5.41) is 0. The van der Waals surface area contributed by atoms with Gasteiger partial charge in [0.05, 0.1) is 26.9 Å². The molecule has 5 nitrogen and oxygen atoms in total. The van der Waals surface area contributed by atoms with Crippen LogP contribution in [0.4, 0.5) is 0 Å². The summed E-state index contributed by atoms with van der Waals surface area (Å²) in [7, 11) is 4.65. The standard InChI is InChI=1S/C9H19NO4/c1-12-6-4-10(5-7-13-2)8-9(11)14-3/h4-8H2,1-3H3. The second kappa shape index (κ2) is 8.93. The molecule has 0 saturated carbocycles. The van der Waals surface area contributed by atoms with Crippen LogP contribution in [0.1, 0.15) is 0 Å². The predicted octanol–water partition coefficient (Wildman–Crippen LogP) is -0.246. The molecule has 0 unspecified atom stereocenters. The normalized spacial score (nSPS) is 10.6. The van der Waals surface area contributed by atoms with Crippen LogP contribution in [0.2, 0.25) is 0 Å². The highest BCUT2D eigenvalue weighted by molar-refractivity contribution is 5.71. The average molecular weight is 205 g/mol. The largest absolute Gasteiger partial charge is 0.468 e. The van der Waals surface area contributed by atoms with E-state index in [4.69, 9.17) is 9.47 Å². The van der Waals surface area contributed by atoms with Crippen LogP contribution in [-0.2, 0) is 19.0 Å². The number of carbonyl (C=O) groups excluding carboxylic acids is 1. The first-order chi connectivity index (χ1) is 6.74. The zero-order valence-corrected chi connectivity index (χ0v) is 9.12. The number of esters is 1. The van der Waals surface area contributed by atoms with E-state index in [2.05, 4.69) is 4.74 Å². The Kier molecular flexibility index (Phi) is 8.51. The SMILES string of the molecule is COCCN(CCOC)CC(=O)OC. The summed E-state index contributed by atoms with van der Waals surface area (Å²) < 4.78 is 14.4. The second-order valence-corrected chi connectivity index (χ2v) is 2.84. The zero-order valence-electron chi connectivity index (χ0n) is 9.12. The number of ether oxygens (including phenoxy) is 3. The Bertz CT molecular complexity index is 144. The first kappa shape index (κ1) is 13.4. The molecule has 0 aromatic carbocycles. The molecule has 0 atom stereocenters. The van der Waals surface area contributed by atoms with Crippen LogP contribution >= 0.6 is 0 Å². The van der Waals surface area contributed by atoms with Gasteiger partial charge in [-0.25, -0.2) is 0 Å². The van der Waals surface area contributed by atoms with Gasteiger partial charge in [-0.2, -0.15) is 0 Å². The summed E-state index contributed by atoms with van der Waals surface area (Å²) in [6.07, 6.45) is 0. The highest BCUT2D eigenvalue weighted by Gasteiger charge is 2.09. The van der Waals surface area contributed by atoms with E-state index in [0.29, 0.717) is 26.3 Å². The summed E-state index contributed by atoms with van der Waals surface area (Å²) in [5.74, 6) is -0.239. The number of carbonyl (C=O) groups is 1. The summed E-state index contributed by atoms with van der Waals surface area (Å²) >= 11 is 0. The summed E-state index contributed by atoms with van der Waals surface area (Å²) in [6, 6.07) is 0. The lowest BCUT2D eigenvalue weighted by atomic mass is 10.4. The van der Waals surface area contributed by atoms with E-state index in [1.54, 1.807) is 14.2 Å². The van der Waals surface area contributed by atoms with Crippen LogP contribution < -0.4 is 0 Å². The van der Waals surface area contributed by atoms with Gasteiger partial charge in [0.2, 0.25) is 0 Å². The van der Waals surface area contributed by atoms with Crippen LogP contribution in [0, 0.1) is 0 Å². The third kappa shape index (κ3) is 6.82. The minimum atomic E-state index is -0.239. The third-order valence-corrected chi connectivity index (χ3v) is 1.80. The summed E-state index contributed by atoms with van der Waals surface area (Å²) in [6.45, 7) is 2.88. The van der Waals surface area contributed by atoms with Gasteiger partial charge in [0.15, 0.2) is 0 Å². The maximum absolute atomic E-state index is 11.0. The fourth-order valence-electron chi connectivity index (χ4n) is 0.958. The number of rotatable bonds is 8. The molecule has 0 saturated heterocycles. The maximum Gasteiger partial charge on any atom is 0.319 e. The van der Waals surface area contributed by atoms with Gasteiger partial charge in [-0.1, -0.05) is 0 Å². The zero-order chi connectivity index (χ0) is 10.8. The molecule has 14 heavy (non-hydrogen) atoms. The van der Waals surface area contributed by atoms with E-state index < -0.39 is 0 Å². The van der Waals surface area contributed by atoms with Crippen molar-refractivity contribution in [2.75, 3.05) is 54.2 Å². The van der Waals surface area contributed by atoms with E-state index in [-0.39, 0.29) is 12.5 Å². The molecule has 0 aliphatic heterocycles. The van der Waals surface area contributed by atoms with Crippen LogP contribution in [0.3, 0.4) is 0 Å². The van der Waals surface area contributed by atoms with Gasteiger partial charge in [0, 0.05) is 27.3 Å². The molecule has 0 rings (SSSR count). The minimum absolute atomic E-state index is 0.239. The Morgan fingerprint density at radius 3 is 1.93 bits per heavy atom. The Morgan fingerprint density at radius 2 is 1.57 bits per heavy atom. The molecule has 0 heterocycles. The Balaban J connectivity index is 3.77. The van der Waals surface area contributed by atoms with Gasteiger partial charge in [0.1, 0.15) is 0 Å². The van der Waals surface area contributed by atoms with Crippen LogP contribution in [0.5, 0.6) is 0 Å². The number of methoxy groups -OCH3 is 3. The Morgan fingerprint density at radius 1 is 1.07 bits per heavy atom. The van der Waals surface area contributed by atoms with Gasteiger partial charge >= 0.3 is 5.97 Å². The van der Waals surface area contributed by atoms with Crippen molar-refractivity contribution in [3.05, 3.63) is 0 Å². The molecule has 0 aromatic heterocycles. The number of hydrogen-bond acceptors (Lipinski definition) is 5. The molecule has 84 valence electrons. The molecule has 0 aliphatic rings. The average Bonchev–Trinajstić information content (AvgIpc) is 2.21. The van der Waals surface area contributed by atoms with E-state index >= 15 is 0 Å². The van der Waals surface area contributed by atoms with Gasteiger partial charge in [-0.15, -0.1) is 0 Å². The molecular formula is C9H19NO4. The molecule has 0 N–H and O–H groups in total. The van der Waals surface area contributed by atoms with Crippen molar-refractivity contribution in [3.63, 3.8) is 0 Å². The number of nitrogens with zero attached hydrogens (tertiary/aromatic N) is 1. The lowest BCUT2D eigenvalue weighted by molar-refractivity contribution is -0.142. The van der Waals surface area contributed by atoms with Crippen LogP contribution in [0.25, 0.3) is 0 Å². The Hall–Kier alpha value is -0.650. The highest BCUT2D eigenvalue weighted by Crippen LogP contribution is 1.90. The van der Waals surface area contributed by atoms with Crippen molar-refractivity contribution >= 4 is 5.97 Å². The van der Waals surface area contributed by atoms with E-state index in [0.717, 1.165) is 0 Å².